The Labute approximate surface area is 165 Å². The van der Waals surface area contributed by atoms with Gasteiger partial charge in [-0.05, 0) is 62.9 Å². The molecule has 1 aliphatic heterocycles. The standard InChI is InChI=1S/C13H12N4O2S.C7H13N/c1-9-2-4-10(5-3-9)20(18,19)17-7-6-11-12(14)15-8-16-13(11)17;1-2-6-4-8-5-7(6)3-1/h2-8H,1H3,(H2,14,15,16);6-8H,1-5H2/t;6-,7+. The van der Waals surface area contributed by atoms with Gasteiger partial charge in [0.05, 0.1) is 10.3 Å². The number of aromatic nitrogens is 3. The van der Waals surface area contributed by atoms with E-state index < -0.39 is 10.0 Å². The van der Waals surface area contributed by atoms with E-state index in [1.54, 1.807) is 30.3 Å². The summed E-state index contributed by atoms with van der Waals surface area (Å²) in [4.78, 5) is 8.06. The SMILES string of the molecule is C1C[C@@H]2CNC[C@@H]2C1.Cc1ccc(S(=O)(=O)n2ccc3c(N)ncnc32)cc1. The van der Waals surface area contributed by atoms with E-state index >= 15 is 0 Å². The molecule has 8 heteroatoms. The van der Waals surface area contributed by atoms with Crippen molar-refractivity contribution in [3.8, 4) is 0 Å². The van der Waals surface area contributed by atoms with Crippen molar-refractivity contribution >= 4 is 26.9 Å². The minimum atomic E-state index is -3.68. The van der Waals surface area contributed by atoms with Crippen molar-refractivity contribution in [1.29, 1.82) is 0 Å². The van der Waals surface area contributed by atoms with Crippen molar-refractivity contribution < 1.29 is 8.42 Å². The van der Waals surface area contributed by atoms with E-state index in [9.17, 15) is 8.42 Å². The topological polar surface area (TPSA) is 103 Å². The van der Waals surface area contributed by atoms with Crippen LogP contribution in [0.5, 0.6) is 0 Å². The zero-order chi connectivity index (χ0) is 19.7. The molecule has 0 spiro atoms. The Morgan fingerprint density at radius 2 is 1.75 bits per heavy atom. The molecule has 0 unspecified atom stereocenters. The van der Waals surface area contributed by atoms with Crippen LogP contribution >= 0.6 is 0 Å². The molecule has 2 aromatic heterocycles. The van der Waals surface area contributed by atoms with E-state index in [-0.39, 0.29) is 16.4 Å². The maximum Gasteiger partial charge on any atom is 0.269 e. The summed E-state index contributed by atoms with van der Waals surface area (Å²) in [7, 11) is -3.68. The summed E-state index contributed by atoms with van der Waals surface area (Å²) in [6.07, 6.45) is 7.18. The summed E-state index contributed by atoms with van der Waals surface area (Å²) in [6.45, 7) is 4.52. The van der Waals surface area contributed by atoms with E-state index in [1.807, 2.05) is 6.92 Å². The normalized spacial score (nSPS) is 21.3. The number of rotatable bonds is 2. The lowest BCUT2D eigenvalue weighted by Crippen LogP contribution is -2.12. The third-order valence-electron chi connectivity index (χ3n) is 5.69. The molecule has 7 nitrogen and oxygen atoms in total. The lowest BCUT2D eigenvalue weighted by atomic mass is 10.0. The predicted octanol–water partition coefficient (Wildman–Crippen LogP) is 2.56. The van der Waals surface area contributed by atoms with Crippen LogP contribution in [0, 0.1) is 18.8 Å². The van der Waals surface area contributed by atoms with Crippen molar-refractivity contribution in [2.24, 2.45) is 11.8 Å². The number of benzene rings is 1. The molecule has 1 saturated heterocycles. The highest BCUT2D eigenvalue weighted by Gasteiger charge is 2.30. The highest BCUT2D eigenvalue weighted by Crippen LogP contribution is 2.33. The van der Waals surface area contributed by atoms with Crippen LogP contribution in [0.25, 0.3) is 11.0 Å². The van der Waals surface area contributed by atoms with E-state index in [4.69, 9.17) is 5.73 Å². The van der Waals surface area contributed by atoms with Gasteiger partial charge in [0.1, 0.15) is 12.1 Å². The number of nitrogens with zero attached hydrogens (tertiary/aromatic N) is 3. The Bertz CT molecular complexity index is 1060. The minimum absolute atomic E-state index is 0.206. The van der Waals surface area contributed by atoms with Gasteiger partial charge in [0, 0.05) is 6.20 Å². The molecule has 3 heterocycles. The molecule has 1 aliphatic carbocycles. The van der Waals surface area contributed by atoms with Crippen molar-refractivity contribution in [2.45, 2.75) is 31.1 Å². The largest absolute Gasteiger partial charge is 0.383 e. The summed E-state index contributed by atoms with van der Waals surface area (Å²) >= 11 is 0. The third kappa shape index (κ3) is 3.49. The van der Waals surface area contributed by atoms with Gasteiger partial charge < -0.3 is 11.1 Å². The number of nitrogens with two attached hydrogens (primary N) is 1. The molecule has 148 valence electrons. The van der Waals surface area contributed by atoms with Gasteiger partial charge in [-0.2, -0.15) is 0 Å². The second-order valence-corrected chi connectivity index (χ2v) is 9.35. The Morgan fingerprint density at radius 1 is 1.07 bits per heavy atom. The van der Waals surface area contributed by atoms with Crippen molar-refractivity contribution in [1.82, 2.24) is 19.3 Å². The first-order valence-corrected chi connectivity index (χ1v) is 11.0. The Morgan fingerprint density at radius 3 is 2.43 bits per heavy atom. The quantitative estimate of drug-likeness (QED) is 0.686. The highest BCUT2D eigenvalue weighted by molar-refractivity contribution is 7.90. The Kier molecular flexibility index (Phi) is 5.07. The van der Waals surface area contributed by atoms with Gasteiger partial charge in [-0.15, -0.1) is 0 Å². The van der Waals surface area contributed by atoms with Gasteiger partial charge in [-0.1, -0.05) is 24.1 Å². The summed E-state index contributed by atoms with van der Waals surface area (Å²) in [5.74, 6) is 2.39. The highest BCUT2D eigenvalue weighted by atomic mass is 32.2. The van der Waals surface area contributed by atoms with E-state index in [1.165, 1.54) is 44.9 Å². The van der Waals surface area contributed by atoms with Gasteiger partial charge >= 0.3 is 0 Å². The zero-order valence-electron chi connectivity index (χ0n) is 15.9. The van der Waals surface area contributed by atoms with Crippen molar-refractivity contribution in [3.63, 3.8) is 0 Å². The smallest absolute Gasteiger partial charge is 0.269 e. The second-order valence-electron chi connectivity index (χ2n) is 7.54. The van der Waals surface area contributed by atoms with Gasteiger partial charge in [0.25, 0.3) is 10.0 Å². The Balaban J connectivity index is 0.000000198. The van der Waals surface area contributed by atoms with Gasteiger partial charge in [-0.25, -0.2) is 22.4 Å². The molecular formula is C20H25N5O2S. The second kappa shape index (κ2) is 7.52. The lowest BCUT2D eigenvalue weighted by Gasteiger charge is -2.07. The monoisotopic (exact) mass is 399 g/mol. The summed E-state index contributed by atoms with van der Waals surface area (Å²) in [6, 6.07) is 8.24. The van der Waals surface area contributed by atoms with Crippen molar-refractivity contribution in [2.75, 3.05) is 18.8 Å². The number of hydrogen-bond acceptors (Lipinski definition) is 6. The fraction of sp³-hybridized carbons (Fsp3) is 0.400. The van der Waals surface area contributed by atoms with Crippen LogP contribution in [0.15, 0.2) is 47.8 Å². The first-order chi connectivity index (χ1) is 13.5. The fourth-order valence-corrected chi connectivity index (χ4v) is 5.37. The van der Waals surface area contributed by atoms with Crippen LogP contribution in [0.1, 0.15) is 24.8 Å². The number of hydrogen-bond donors (Lipinski definition) is 2. The maximum absolute atomic E-state index is 12.6. The molecule has 3 aromatic rings. The molecule has 5 rings (SSSR count). The van der Waals surface area contributed by atoms with E-state index in [0.29, 0.717) is 5.39 Å². The van der Waals surface area contributed by atoms with Crippen LogP contribution in [0.4, 0.5) is 5.82 Å². The molecule has 1 aromatic carbocycles. The molecule has 0 amide bonds. The van der Waals surface area contributed by atoms with Crippen LogP contribution < -0.4 is 11.1 Å². The molecule has 2 aliphatic rings. The minimum Gasteiger partial charge on any atom is -0.383 e. The average Bonchev–Trinajstić information content (AvgIpc) is 3.39. The number of nitrogen functional groups attached to an aromatic ring is 1. The van der Waals surface area contributed by atoms with Gasteiger partial charge in [-0.3, -0.25) is 0 Å². The Hall–Kier alpha value is -2.45. The van der Waals surface area contributed by atoms with Crippen LogP contribution in [-0.2, 0) is 10.0 Å². The molecule has 0 bridgehead atoms. The third-order valence-corrected chi connectivity index (χ3v) is 7.37. The van der Waals surface area contributed by atoms with Gasteiger partial charge in [0.2, 0.25) is 0 Å². The summed E-state index contributed by atoms with van der Waals surface area (Å²) < 4.78 is 26.3. The van der Waals surface area contributed by atoms with Gasteiger partial charge in [0.15, 0.2) is 5.65 Å². The number of fused-ring (bicyclic) bond motifs is 2. The molecule has 0 radical (unpaired) electrons. The number of nitrogens with one attached hydrogen (secondary N) is 1. The molecular weight excluding hydrogens is 374 g/mol. The molecule has 3 N–H and O–H groups in total. The van der Waals surface area contributed by atoms with E-state index in [2.05, 4.69) is 15.3 Å². The average molecular weight is 400 g/mol. The van der Waals surface area contributed by atoms with Crippen LogP contribution in [0.3, 0.4) is 0 Å². The van der Waals surface area contributed by atoms with Crippen LogP contribution in [-0.4, -0.2) is 35.4 Å². The summed E-state index contributed by atoms with van der Waals surface area (Å²) in [5.41, 5.74) is 6.98. The summed E-state index contributed by atoms with van der Waals surface area (Å²) in [5, 5.41) is 3.94. The molecule has 2 fully saturated rings. The molecule has 2 atom stereocenters. The predicted molar refractivity (Wildman–Crippen MR) is 109 cm³/mol. The lowest BCUT2D eigenvalue weighted by molar-refractivity contribution is 0.494. The number of anilines is 1. The zero-order valence-corrected chi connectivity index (χ0v) is 16.7. The van der Waals surface area contributed by atoms with Crippen molar-refractivity contribution in [3.05, 3.63) is 48.4 Å². The van der Waals surface area contributed by atoms with Crippen LogP contribution in [0.2, 0.25) is 0 Å². The molecule has 1 saturated carbocycles. The first-order valence-electron chi connectivity index (χ1n) is 9.57. The maximum atomic E-state index is 12.6. The first kappa shape index (κ1) is 18.9. The fourth-order valence-electron chi connectivity index (χ4n) is 4.07. The van der Waals surface area contributed by atoms with E-state index in [0.717, 1.165) is 21.4 Å². The molecule has 28 heavy (non-hydrogen) atoms. The number of aryl methyl sites for hydroxylation is 1.